The number of carboxylic acids is 2. The summed E-state index contributed by atoms with van der Waals surface area (Å²) in [5, 5.41) is 51.2. The zero-order valence-electron chi connectivity index (χ0n) is 27.2. The number of ketones is 1. The van der Waals surface area contributed by atoms with Crippen LogP contribution in [-0.2, 0) is 24.0 Å². The van der Waals surface area contributed by atoms with E-state index >= 15 is 0 Å². The SMILES string of the molecule is CC(C)(O/N=C(\C(=O)CC1C(=O)N2C(C(=O)[O-])=C(C[N+]3(CCNC(=O)Nc4ccc(O)c(O)c4)CCCC3)CSC12)c1csc(N)n1)C(=O)O. The number of carbonyl (C=O) groups excluding carboxylic acids is 4. The number of aliphatic carboxylic acids is 2. The molecule has 0 spiro atoms. The number of carboxylic acid groups (broad SMARTS) is 2. The highest BCUT2D eigenvalue weighted by Crippen LogP contribution is 2.46. The molecular formula is C31H37N7O10S2. The number of oxime groups is 1. The number of thiazole rings is 1. The molecule has 2 atom stereocenters. The van der Waals surface area contributed by atoms with E-state index in [4.69, 9.17) is 10.6 Å². The molecule has 0 aliphatic carbocycles. The van der Waals surface area contributed by atoms with Crippen LogP contribution in [0.5, 0.6) is 11.5 Å². The van der Waals surface area contributed by atoms with Crippen LogP contribution in [0.3, 0.4) is 0 Å². The van der Waals surface area contributed by atoms with E-state index in [1.807, 2.05) is 0 Å². The fraction of sp³-hybridized carbons (Fsp3) is 0.452. The van der Waals surface area contributed by atoms with Gasteiger partial charge in [0.05, 0.1) is 49.1 Å². The number of hydrogen-bond acceptors (Lipinski definition) is 14. The minimum Gasteiger partial charge on any atom is -0.543 e. The number of amides is 3. The molecule has 0 bridgehead atoms. The van der Waals surface area contributed by atoms with Crippen molar-refractivity contribution in [2.24, 2.45) is 11.1 Å². The molecule has 2 aromatic rings. The number of Topliss-reactive ketones (excluding diaryl/α,β-unsaturated/α-hetero) is 1. The van der Waals surface area contributed by atoms with Gasteiger partial charge in [0, 0.05) is 47.7 Å². The van der Waals surface area contributed by atoms with Crippen LogP contribution < -0.4 is 21.5 Å². The van der Waals surface area contributed by atoms with Gasteiger partial charge in [0.2, 0.25) is 11.5 Å². The van der Waals surface area contributed by atoms with Gasteiger partial charge >= 0.3 is 12.0 Å². The summed E-state index contributed by atoms with van der Waals surface area (Å²) in [6.45, 7) is 5.05. The number of quaternary nitrogens is 1. The Hall–Kier alpha value is -4.88. The molecule has 1 aromatic heterocycles. The van der Waals surface area contributed by atoms with Crippen LogP contribution in [0.25, 0.3) is 0 Å². The van der Waals surface area contributed by atoms with Crippen LogP contribution in [-0.4, -0.2) is 115 Å². The van der Waals surface area contributed by atoms with Crippen molar-refractivity contribution in [1.82, 2.24) is 15.2 Å². The van der Waals surface area contributed by atoms with Gasteiger partial charge in [-0.15, -0.1) is 23.1 Å². The highest BCUT2D eigenvalue weighted by molar-refractivity contribution is 8.00. The molecule has 2 saturated heterocycles. The van der Waals surface area contributed by atoms with Crippen molar-refractivity contribution in [2.75, 3.05) is 49.5 Å². The van der Waals surface area contributed by atoms with Crippen molar-refractivity contribution in [2.45, 2.75) is 44.1 Å². The monoisotopic (exact) mass is 731 g/mol. The Kier molecular flexibility index (Phi) is 10.6. The molecule has 4 heterocycles. The normalized spacial score (nSPS) is 20.2. The summed E-state index contributed by atoms with van der Waals surface area (Å²) in [7, 11) is 0. The van der Waals surface area contributed by atoms with Crippen molar-refractivity contribution < 1.29 is 53.7 Å². The number of likely N-dealkylation sites (tertiary alicyclic amines) is 1. The smallest absolute Gasteiger partial charge is 0.350 e. The number of thioether (sulfide) groups is 1. The van der Waals surface area contributed by atoms with Gasteiger partial charge < -0.3 is 50.9 Å². The van der Waals surface area contributed by atoms with E-state index in [1.165, 1.54) is 54.1 Å². The molecule has 0 saturated carbocycles. The number of aromatic hydroxyl groups is 2. The maximum Gasteiger partial charge on any atom is 0.350 e. The number of nitrogens with one attached hydrogen (secondary N) is 2. The molecule has 2 fully saturated rings. The van der Waals surface area contributed by atoms with Crippen molar-refractivity contribution in [3.63, 3.8) is 0 Å². The minimum absolute atomic E-state index is 0.0578. The second-order valence-corrected chi connectivity index (χ2v) is 14.8. The largest absolute Gasteiger partial charge is 0.543 e. The first-order valence-electron chi connectivity index (χ1n) is 15.6. The standard InChI is InChI=1S/C31H37N7O10S2/c1-31(2,28(45)46)48-36-23(19-15-50-29(32)35-19)22(41)12-18-25(42)37-24(27(43)44)16(14-49-26(18)37)13-38(8-3-4-9-38)10-7-33-30(47)34-17-5-6-20(39)21(40)11-17/h5-6,11,15,18,26H,3-4,7-10,12-14H2,1-2H3,(H7-,32,33,34,35,36,39,40,41,43,44,45,46,47). The molecule has 2 unspecified atom stereocenters. The third kappa shape index (κ3) is 7.79. The van der Waals surface area contributed by atoms with Crippen LogP contribution in [0.4, 0.5) is 15.6 Å². The molecule has 0 radical (unpaired) electrons. The molecule has 19 heteroatoms. The van der Waals surface area contributed by atoms with Gasteiger partial charge in [0.1, 0.15) is 12.2 Å². The van der Waals surface area contributed by atoms with E-state index in [0.29, 0.717) is 23.1 Å². The number of carbonyl (C=O) groups is 5. The Morgan fingerprint density at radius 1 is 1.20 bits per heavy atom. The number of nitrogen functional groups attached to an aromatic ring is 1. The van der Waals surface area contributed by atoms with Gasteiger partial charge in [-0.05, 0) is 26.0 Å². The molecule has 3 aliphatic heterocycles. The van der Waals surface area contributed by atoms with Crippen molar-refractivity contribution in [3.8, 4) is 11.5 Å². The van der Waals surface area contributed by atoms with Gasteiger partial charge in [-0.1, -0.05) is 5.16 Å². The summed E-state index contributed by atoms with van der Waals surface area (Å²) >= 11 is 2.37. The molecule has 7 N–H and O–H groups in total. The molecule has 50 heavy (non-hydrogen) atoms. The number of benzene rings is 1. The Morgan fingerprint density at radius 2 is 1.92 bits per heavy atom. The predicted octanol–water partition coefficient (Wildman–Crippen LogP) is 0.647. The quantitative estimate of drug-likeness (QED) is 0.0390. The Labute approximate surface area is 294 Å². The average molecular weight is 732 g/mol. The number of nitrogens with zero attached hydrogens (tertiary/aromatic N) is 4. The molecule has 3 amide bonds. The second-order valence-electron chi connectivity index (χ2n) is 12.8. The maximum atomic E-state index is 13.5. The fourth-order valence-corrected chi connectivity index (χ4v) is 8.07. The van der Waals surface area contributed by atoms with Crippen LogP contribution in [0.2, 0.25) is 0 Å². The first kappa shape index (κ1) is 36.4. The zero-order valence-corrected chi connectivity index (χ0v) is 28.8. The van der Waals surface area contributed by atoms with Gasteiger partial charge in [-0.2, -0.15) is 0 Å². The van der Waals surface area contributed by atoms with Crippen molar-refractivity contribution >= 4 is 69.3 Å². The fourth-order valence-electron chi connectivity index (χ4n) is 6.12. The number of urea groups is 1. The lowest BCUT2D eigenvalue weighted by atomic mass is 9.89. The Bertz CT molecular complexity index is 1770. The second kappa shape index (κ2) is 14.5. The summed E-state index contributed by atoms with van der Waals surface area (Å²) < 4.78 is 0.491. The highest BCUT2D eigenvalue weighted by Gasteiger charge is 2.53. The third-order valence-corrected chi connectivity index (χ3v) is 10.9. The lowest BCUT2D eigenvalue weighted by Crippen LogP contribution is -2.64. The summed E-state index contributed by atoms with van der Waals surface area (Å²) in [5.74, 6) is -5.34. The van der Waals surface area contributed by atoms with Crippen molar-refractivity contribution in [3.05, 3.63) is 40.5 Å². The number of hydrogen-bond donors (Lipinski definition) is 6. The highest BCUT2D eigenvalue weighted by atomic mass is 32.2. The number of phenolic OH excluding ortho intramolecular Hbond substituents is 2. The first-order valence-corrected chi connectivity index (χ1v) is 17.6. The van der Waals surface area contributed by atoms with Gasteiger partial charge in [-0.3, -0.25) is 14.5 Å². The number of fused-ring (bicyclic) bond motifs is 1. The summed E-state index contributed by atoms with van der Waals surface area (Å²) in [6.07, 6.45) is 1.45. The number of anilines is 2. The number of aromatic nitrogens is 1. The van der Waals surface area contributed by atoms with Crippen LogP contribution >= 0.6 is 23.1 Å². The number of nitrogens with two attached hydrogens (primary N) is 1. The molecule has 17 nitrogen and oxygen atoms in total. The predicted molar refractivity (Wildman–Crippen MR) is 180 cm³/mol. The lowest BCUT2D eigenvalue weighted by molar-refractivity contribution is -0.911. The Morgan fingerprint density at radius 3 is 2.54 bits per heavy atom. The molecule has 5 rings (SSSR count). The van der Waals surface area contributed by atoms with Gasteiger partial charge in [0.15, 0.2) is 28.1 Å². The first-order chi connectivity index (χ1) is 23.6. The zero-order chi connectivity index (χ0) is 36.4. The number of phenols is 2. The number of rotatable bonds is 14. The van der Waals surface area contributed by atoms with E-state index in [-0.39, 0.29) is 58.1 Å². The summed E-state index contributed by atoms with van der Waals surface area (Å²) in [5.41, 5.74) is 4.32. The van der Waals surface area contributed by atoms with E-state index < -0.39 is 46.6 Å². The molecule has 268 valence electrons. The minimum atomic E-state index is -1.77. The van der Waals surface area contributed by atoms with Crippen LogP contribution in [0.1, 0.15) is 38.8 Å². The van der Waals surface area contributed by atoms with E-state index in [1.54, 1.807) is 0 Å². The van der Waals surface area contributed by atoms with E-state index in [0.717, 1.165) is 37.3 Å². The summed E-state index contributed by atoms with van der Waals surface area (Å²) in [4.78, 5) is 73.9. The third-order valence-electron chi connectivity index (χ3n) is 8.81. The average Bonchev–Trinajstić information content (AvgIpc) is 3.70. The van der Waals surface area contributed by atoms with E-state index in [9.17, 15) is 44.4 Å². The van der Waals surface area contributed by atoms with E-state index in [2.05, 4.69) is 20.8 Å². The number of β-lactam (4-membered cyclic amide) rings is 1. The van der Waals surface area contributed by atoms with Crippen molar-refractivity contribution in [1.29, 1.82) is 0 Å². The maximum absolute atomic E-state index is 13.5. The Balaban J connectivity index is 1.26. The van der Waals surface area contributed by atoms with Gasteiger partial charge in [-0.25, -0.2) is 14.6 Å². The topological polar surface area (TPSA) is 257 Å². The van der Waals surface area contributed by atoms with Crippen LogP contribution in [0, 0.1) is 5.92 Å². The molecule has 3 aliphatic rings. The van der Waals surface area contributed by atoms with Crippen LogP contribution in [0.15, 0.2) is 40.0 Å². The summed E-state index contributed by atoms with van der Waals surface area (Å²) in [6, 6.07) is 3.38. The lowest BCUT2D eigenvalue weighted by Gasteiger charge is -2.51. The van der Waals surface area contributed by atoms with Gasteiger partial charge in [0.25, 0.3) is 0 Å². The molecular weight excluding hydrogens is 695 g/mol. The molecule has 1 aromatic carbocycles.